The fourth-order valence-electron chi connectivity index (χ4n) is 2.31. The second-order valence-electron chi connectivity index (χ2n) is 7.18. The quantitative estimate of drug-likeness (QED) is 0.445. The van der Waals surface area contributed by atoms with Gasteiger partial charge in [-0.2, -0.15) is 0 Å². The summed E-state index contributed by atoms with van der Waals surface area (Å²) in [5.41, 5.74) is 5.40. The summed E-state index contributed by atoms with van der Waals surface area (Å²) >= 11 is 0. The average Bonchev–Trinajstić information content (AvgIpc) is 2.78. The van der Waals surface area contributed by atoms with Crippen LogP contribution in [0, 0.1) is 5.92 Å². The van der Waals surface area contributed by atoms with Crippen molar-refractivity contribution in [3.63, 3.8) is 0 Å². The minimum atomic E-state index is -0.531. The Hall–Kier alpha value is -3.55. The van der Waals surface area contributed by atoms with E-state index in [-0.39, 0.29) is 6.61 Å². The molecular formula is C23H28N2O6. The molecule has 0 atom stereocenters. The number of benzene rings is 2. The molecule has 0 aliphatic heterocycles. The number of hydrazine groups is 1. The minimum absolute atomic E-state index is 0.304. The summed E-state index contributed by atoms with van der Waals surface area (Å²) in [5, 5.41) is 0. The number of carbonyl (C=O) groups excluding carboxylic acids is 3. The molecule has 0 spiro atoms. The van der Waals surface area contributed by atoms with Crippen molar-refractivity contribution >= 4 is 17.8 Å². The van der Waals surface area contributed by atoms with Crippen molar-refractivity contribution in [3.8, 4) is 11.5 Å². The lowest BCUT2D eigenvalue weighted by atomic mass is 10.2. The topological polar surface area (TPSA) is 103 Å². The molecule has 0 aliphatic rings. The first-order chi connectivity index (χ1) is 14.9. The van der Waals surface area contributed by atoms with Gasteiger partial charge in [-0.1, -0.05) is 20.8 Å². The smallest absolute Gasteiger partial charge is 0.338 e. The van der Waals surface area contributed by atoms with Crippen LogP contribution < -0.4 is 20.3 Å². The lowest BCUT2D eigenvalue weighted by Crippen LogP contribution is -2.43. The molecule has 8 nitrogen and oxygen atoms in total. The summed E-state index contributed by atoms with van der Waals surface area (Å²) in [6.07, 6.45) is 0.747. The second kappa shape index (κ2) is 12.2. The first kappa shape index (κ1) is 23.7. The Bertz CT molecular complexity index is 863. The van der Waals surface area contributed by atoms with Gasteiger partial charge in [0.15, 0.2) is 6.61 Å². The first-order valence-corrected chi connectivity index (χ1v) is 10.1. The van der Waals surface area contributed by atoms with Gasteiger partial charge >= 0.3 is 5.97 Å². The first-order valence-electron chi connectivity index (χ1n) is 10.1. The fourth-order valence-corrected chi connectivity index (χ4v) is 2.31. The molecule has 0 fully saturated rings. The van der Waals surface area contributed by atoms with Crippen LogP contribution in [0.4, 0.5) is 0 Å². The SMILES string of the molecule is CCCOC(=O)c1ccc(OCC(=O)NNC(=O)c2ccc(OCC(C)C)cc2)cc1. The largest absolute Gasteiger partial charge is 0.493 e. The molecule has 2 aromatic rings. The zero-order chi connectivity index (χ0) is 22.6. The molecule has 2 amide bonds. The molecule has 166 valence electrons. The third kappa shape index (κ3) is 8.38. The van der Waals surface area contributed by atoms with Crippen molar-refractivity contribution in [2.45, 2.75) is 27.2 Å². The third-order valence-corrected chi connectivity index (χ3v) is 3.91. The Morgan fingerprint density at radius 2 is 1.42 bits per heavy atom. The van der Waals surface area contributed by atoms with E-state index < -0.39 is 17.8 Å². The predicted molar refractivity (Wildman–Crippen MR) is 115 cm³/mol. The van der Waals surface area contributed by atoms with E-state index in [1.165, 1.54) is 0 Å². The number of carbonyl (C=O) groups is 3. The molecule has 8 heteroatoms. The highest BCUT2D eigenvalue weighted by molar-refractivity contribution is 5.95. The van der Waals surface area contributed by atoms with Gasteiger partial charge in [-0.3, -0.25) is 20.4 Å². The summed E-state index contributed by atoms with van der Waals surface area (Å²) < 4.78 is 16.0. The highest BCUT2D eigenvalue weighted by atomic mass is 16.5. The van der Waals surface area contributed by atoms with Crippen LogP contribution in [0.2, 0.25) is 0 Å². The monoisotopic (exact) mass is 428 g/mol. The molecule has 0 saturated heterocycles. The lowest BCUT2D eigenvalue weighted by Gasteiger charge is -2.11. The van der Waals surface area contributed by atoms with Crippen molar-refractivity contribution < 1.29 is 28.6 Å². The third-order valence-electron chi connectivity index (χ3n) is 3.91. The molecule has 0 heterocycles. The summed E-state index contributed by atoms with van der Waals surface area (Å²) in [7, 11) is 0. The Labute approximate surface area is 181 Å². The minimum Gasteiger partial charge on any atom is -0.493 e. The summed E-state index contributed by atoms with van der Waals surface area (Å²) in [4.78, 5) is 35.8. The standard InChI is InChI=1S/C23H28N2O6/c1-4-13-29-23(28)18-7-11-20(12-8-18)31-15-21(26)24-25-22(27)17-5-9-19(10-6-17)30-14-16(2)3/h5-12,16H,4,13-15H2,1-3H3,(H,24,26)(H,25,27). The fraction of sp³-hybridized carbons (Fsp3) is 0.348. The van der Waals surface area contributed by atoms with E-state index in [1.54, 1.807) is 48.5 Å². The van der Waals surface area contributed by atoms with Crippen LogP contribution in [0.5, 0.6) is 11.5 Å². The second-order valence-corrected chi connectivity index (χ2v) is 7.18. The van der Waals surface area contributed by atoms with E-state index >= 15 is 0 Å². The zero-order valence-electron chi connectivity index (χ0n) is 18.0. The summed E-state index contributed by atoms with van der Waals surface area (Å²) in [6.45, 7) is 6.66. The predicted octanol–water partition coefficient (Wildman–Crippen LogP) is 3.13. The molecule has 2 N–H and O–H groups in total. The molecule has 0 aliphatic carbocycles. The van der Waals surface area contributed by atoms with Crippen LogP contribution in [-0.4, -0.2) is 37.6 Å². The summed E-state index contributed by atoms with van der Waals surface area (Å²) in [5.74, 6) is 0.0854. The van der Waals surface area contributed by atoms with E-state index in [9.17, 15) is 14.4 Å². The highest BCUT2D eigenvalue weighted by Crippen LogP contribution is 2.14. The van der Waals surface area contributed by atoms with Crippen LogP contribution in [0.15, 0.2) is 48.5 Å². The maximum atomic E-state index is 12.1. The van der Waals surface area contributed by atoms with Gasteiger partial charge in [-0.25, -0.2) is 4.79 Å². The van der Waals surface area contributed by atoms with Crippen molar-refractivity contribution in [2.24, 2.45) is 5.92 Å². The zero-order valence-corrected chi connectivity index (χ0v) is 18.0. The van der Waals surface area contributed by atoms with Crippen LogP contribution in [-0.2, 0) is 9.53 Å². The average molecular weight is 428 g/mol. The van der Waals surface area contributed by atoms with Crippen molar-refractivity contribution in [1.82, 2.24) is 10.9 Å². The number of hydrogen-bond donors (Lipinski definition) is 2. The van der Waals surface area contributed by atoms with E-state index in [0.717, 1.165) is 6.42 Å². The van der Waals surface area contributed by atoms with Crippen molar-refractivity contribution in [1.29, 1.82) is 0 Å². The number of esters is 1. The van der Waals surface area contributed by atoms with E-state index in [1.807, 2.05) is 20.8 Å². The lowest BCUT2D eigenvalue weighted by molar-refractivity contribution is -0.123. The van der Waals surface area contributed by atoms with Crippen molar-refractivity contribution in [3.05, 3.63) is 59.7 Å². The van der Waals surface area contributed by atoms with Gasteiger partial charge in [0.2, 0.25) is 0 Å². The highest BCUT2D eigenvalue weighted by Gasteiger charge is 2.10. The Morgan fingerprint density at radius 3 is 2.00 bits per heavy atom. The van der Waals surface area contributed by atoms with Gasteiger partial charge < -0.3 is 14.2 Å². The number of hydrogen-bond acceptors (Lipinski definition) is 6. The molecule has 31 heavy (non-hydrogen) atoms. The molecule has 2 rings (SSSR count). The maximum absolute atomic E-state index is 12.1. The van der Waals surface area contributed by atoms with E-state index in [0.29, 0.717) is 41.8 Å². The molecule has 0 aromatic heterocycles. The number of nitrogens with one attached hydrogen (secondary N) is 2. The molecule has 0 saturated carbocycles. The molecular weight excluding hydrogens is 400 g/mol. The van der Waals surface area contributed by atoms with Gasteiger partial charge in [0, 0.05) is 5.56 Å². The maximum Gasteiger partial charge on any atom is 0.338 e. The van der Waals surface area contributed by atoms with Gasteiger partial charge in [0.1, 0.15) is 11.5 Å². The Kier molecular flexibility index (Phi) is 9.35. The number of rotatable bonds is 10. The van der Waals surface area contributed by atoms with Crippen LogP contribution >= 0.6 is 0 Å². The van der Waals surface area contributed by atoms with Crippen LogP contribution in [0.1, 0.15) is 47.9 Å². The Morgan fingerprint density at radius 1 is 0.839 bits per heavy atom. The number of ether oxygens (including phenoxy) is 3. The molecule has 0 bridgehead atoms. The van der Waals surface area contributed by atoms with Crippen molar-refractivity contribution in [2.75, 3.05) is 19.8 Å². The Balaban J connectivity index is 1.74. The van der Waals surface area contributed by atoms with Gasteiger partial charge in [-0.15, -0.1) is 0 Å². The van der Waals surface area contributed by atoms with Gasteiger partial charge in [-0.05, 0) is 60.9 Å². The molecule has 2 aromatic carbocycles. The molecule has 0 unspecified atom stereocenters. The number of amides is 2. The van der Waals surface area contributed by atoms with Crippen LogP contribution in [0.25, 0.3) is 0 Å². The van der Waals surface area contributed by atoms with E-state index in [4.69, 9.17) is 14.2 Å². The molecule has 0 radical (unpaired) electrons. The summed E-state index contributed by atoms with van der Waals surface area (Å²) in [6, 6.07) is 12.9. The van der Waals surface area contributed by atoms with E-state index in [2.05, 4.69) is 10.9 Å². The normalized spacial score (nSPS) is 10.3. The van der Waals surface area contributed by atoms with Gasteiger partial charge in [0.05, 0.1) is 18.8 Å². The van der Waals surface area contributed by atoms with Crippen LogP contribution in [0.3, 0.4) is 0 Å². The van der Waals surface area contributed by atoms with Gasteiger partial charge in [0.25, 0.3) is 11.8 Å².